The van der Waals surface area contributed by atoms with Crippen molar-refractivity contribution in [2.45, 2.75) is 12.5 Å². The maximum absolute atomic E-state index is 6.95. The number of hydrogen-bond acceptors (Lipinski definition) is 4. The van der Waals surface area contributed by atoms with E-state index >= 15 is 0 Å². The SMILES string of the molecule is c1ccc(C2=NC(c3cc(-c4ccc(N(c5ccccc5)c5ccc(-c6ccccc6)cc5)cc4)c4oc5c6ccccc6ccc5c4c3)=NC(c3ccccc3)C2)cc1. The molecule has 1 atom stereocenters. The Hall–Kier alpha value is -7.82. The molecule has 0 radical (unpaired) electrons. The van der Waals surface area contributed by atoms with Crippen molar-refractivity contribution in [3.8, 4) is 22.3 Å². The van der Waals surface area contributed by atoms with Crippen LogP contribution in [0, 0.1) is 0 Å². The van der Waals surface area contributed by atoms with Gasteiger partial charge in [0.2, 0.25) is 0 Å². The third kappa shape index (κ3) is 6.54. The molecule has 0 spiro atoms. The zero-order valence-corrected chi connectivity index (χ0v) is 32.8. The van der Waals surface area contributed by atoms with Crippen LogP contribution in [0.2, 0.25) is 0 Å². The van der Waals surface area contributed by atoms with Gasteiger partial charge in [-0.25, -0.2) is 4.99 Å². The van der Waals surface area contributed by atoms with Gasteiger partial charge in [0.25, 0.3) is 0 Å². The Kier molecular flexibility index (Phi) is 8.94. The highest BCUT2D eigenvalue weighted by Crippen LogP contribution is 2.42. The number of aliphatic imine (C=N–C) groups is 2. The zero-order chi connectivity index (χ0) is 39.8. The molecule has 0 saturated carbocycles. The highest BCUT2D eigenvalue weighted by molar-refractivity contribution is 6.21. The topological polar surface area (TPSA) is 41.1 Å². The smallest absolute Gasteiger partial charge is 0.155 e. The third-order valence-corrected chi connectivity index (χ3v) is 11.6. The predicted octanol–water partition coefficient (Wildman–Crippen LogP) is 14.9. The van der Waals surface area contributed by atoms with Crippen LogP contribution < -0.4 is 4.90 Å². The lowest BCUT2D eigenvalue weighted by Gasteiger charge is -2.26. The van der Waals surface area contributed by atoms with Gasteiger partial charge in [0.1, 0.15) is 11.2 Å². The lowest BCUT2D eigenvalue weighted by molar-refractivity contribution is 0.673. The average Bonchev–Trinajstić information content (AvgIpc) is 3.72. The van der Waals surface area contributed by atoms with Crippen molar-refractivity contribution in [1.82, 2.24) is 0 Å². The molecule has 0 aliphatic carbocycles. The molecule has 0 saturated heterocycles. The minimum absolute atomic E-state index is 0.0666. The molecule has 2 heterocycles. The summed E-state index contributed by atoms with van der Waals surface area (Å²) in [6, 6.07) is 77.0. The molecule has 284 valence electrons. The first kappa shape index (κ1) is 35.4. The van der Waals surface area contributed by atoms with E-state index in [9.17, 15) is 0 Å². The lowest BCUT2D eigenvalue weighted by Crippen LogP contribution is -2.17. The Morgan fingerprint density at radius 2 is 0.983 bits per heavy atom. The molecule has 10 aromatic rings. The van der Waals surface area contributed by atoms with Crippen molar-refractivity contribution in [1.29, 1.82) is 0 Å². The van der Waals surface area contributed by atoms with Gasteiger partial charge in [-0.15, -0.1) is 0 Å². The van der Waals surface area contributed by atoms with Crippen LogP contribution in [0.5, 0.6) is 0 Å². The van der Waals surface area contributed by atoms with Crippen molar-refractivity contribution < 1.29 is 4.42 Å². The molecule has 4 nitrogen and oxygen atoms in total. The van der Waals surface area contributed by atoms with Crippen LogP contribution in [-0.4, -0.2) is 11.5 Å². The summed E-state index contributed by atoms with van der Waals surface area (Å²) in [4.78, 5) is 13.0. The molecule has 1 unspecified atom stereocenters. The van der Waals surface area contributed by atoms with Crippen LogP contribution in [0.25, 0.3) is 55.0 Å². The van der Waals surface area contributed by atoms with E-state index in [2.05, 4.69) is 223 Å². The second-order valence-corrected chi connectivity index (χ2v) is 15.3. The molecule has 0 bridgehead atoms. The average molecular weight is 770 g/mol. The summed E-state index contributed by atoms with van der Waals surface area (Å²) >= 11 is 0. The van der Waals surface area contributed by atoms with Gasteiger partial charge in [-0.3, -0.25) is 4.99 Å². The summed E-state index contributed by atoms with van der Waals surface area (Å²) in [6.45, 7) is 0. The van der Waals surface area contributed by atoms with Gasteiger partial charge in [-0.1, -0.05) is 164 Å². The molecule has 1 aromatic heterocycles. The van der Waals surface area contributed by atoms with E-state index in [-0.39, 0.29) is 6.04 Å². The minimum atomic E-state index is -0.0666. The van der Waals surface area contributed by atoms with E-state index in [1.54, 1.807) is 0 Å². The monoisotopic (exact) mass is 769 g/mol. The molecular formula is C56H39N3O. The predicted molar refractivity (Wildman–Crippen MR) is 250 cm³/mol. The lowest BCUT2D eigenvalue weighted by atomic mass is 9.94. The quantitative estimate of drug-likeness (QED) is 0.154. The molecule has 4 heteroatoms. The fourth-order valence-electron chi connectivity index (χ4n) is 8.60. The van der Waals surface area contributed by atoms with Crippen LogP contribution in [0.1, 0.15) is 29.2 Å². The Morgan fingerprint density at radius 3 is 1.68 bits per heavy atom. The van der Waals surface area contributed by atoms with Gasteiger partial charge in [0.05, 0.1) is 11.8 Å². The number of rotatable bonds is 8. The van der Waals surface area contributed by atoms with Crippen LogP contribution in [0.4, 0.5) is 17.1 Å². The Labute approximate surface area is 349 Å². The highest BCUT2D eigenvalue weighted by atomic mass is 16.3. The molecule has 11 rings (SSSR count). The number of benzene rings is 9. The van der Waals surface area contributed by atoms with Crippen molar-refractivity contribution in [3.63, 3.8) is 0 Å². The van der Waals surface area contributed by atoms with E-state index in [0.717, 1.165) is 90.0 Å². The maximum Gasteiger partial charge on any atom is 0.155 e. The fourth-order valence-corrected chi connectivity index (χ4v) is 8.60. The Bertz CT molecular complexity index is 3190. The highest BCUT2D eigenvalue weighted by Gasteiger charge is 2.24. The standard InChI is InChI=1S/C56H39N3O/c1-5-15-38(16-6-1)39-25-30-46(31-26-39)59(45-22-11-4-12-23-45)47-32-27-41(28-33-47)50-35-44(36-51-49-34-29-40-17-13-14-24-48(40)54(49)60-55(50)51)56-57-52(42-18-7-2-8-19-42)37-53(58-56)43-20-9-3-10-21-43/h1-36,52H,37H2. The number of nitrogens with zero attached hydrogens (tertiary/aromatic N) is 3. The van der Waals surface area contributed by atoms with E-state index < -0.39 is 0 Å². The van der Waals surface area contributed by atoms with Gasteiger partial charge >= 0.3 is 0 Å². The molecular weight excluding hydrogens is 731 g/mol. The maximum atomic E-state index is 6.95. The number of anilines is 3. The molecule has 1 aliphatic heterocycles. The van der Waals surface area contributed by atoms with Gasteiger partial charge < -0.3 is 9.32 Å². The first-order valence-corrected chi connectivity index (χ1v) is 20.5. The molecule has 9 aromatic carbocycles. The number of para-hydroxylation sites is 1. The number of fused-ring (bicyclic) bond motifs is 5. The van der Waals surface area contributed by atoms with Gasteiger partial charge in [-0.05, 0) is 87.8 Å². The van der Waals surface area contributed by atoms with E-state index in [1.807, 2.05) is 0 Å². The first-order valence-electron chi connectivity index (χ1n) is 20.5. The minimum Gasteiger partial charge on any atom is -0.455 e. The van der Waals surface area contributed by atoms with E-state index in [4.69, 9.17) is 14.4 Å². The van der Waals surface area contributed by atoms with Gasteiger partial charge in [0.15, 0.2) is 5.84 Å². The Morgan fingerprint density at radius 1 is 0.417 bits per heavy atom. The van der Waals surface area contributed by atoms with Crippen molar-refractivity contribution in [2.24, 2.45) is 9.98 Å². The Balaban J connectivity index is 1.07. The molecule has 0 fully saturated rings. The summed E-state index contributed by atoms with van der Waals surface area (Å²) in [5.74, 6) is 0.720. The fraction of sp³-hybridized carbons (Fsp3) is 0.0357. The normalized spacial score (nSPS) is 14.0. The first-order chi connectivity index (χ1) is 29.7. The molecule has 0 amide bonds. The van der Waals surface area contributed by atoms with Crippen molar-refractivity contribution in [2.75, 3.05) is 4.90 Å². The summed E-state index contributed by atoms with van der Waals surface area (Å²) in [6.07, 6.45) is 0.724. The summed E-state index contributed by atoms with van der Waals surface area (Å²) in [7, 11) is 0. The van der Waals surface area contributed by atoms with Crippen LogP contribution in [-0.2, 0) is 0 Å². The number of furan rings is 1. The molecule has 1 aliphatic rings. The van der Waals surface area contributed by atoms with Crippen molar-refractivity contribution >= 4 is 61.3 Å². The van der Waals surface area contributed by atoms with Crippen molar-refractivity contribution in [3.05, 3.63) is 235 Å². The van der Waals surface area contributed by atoms with Gasteiger partial charge in [-0.2, -0.15) is 0 Å². The summed E-state index contributed by atoms with van der Waals surface area (Å²) in [5.41, 5.74) is 13.6. The zero-order valence-electron chi connectivity index (χ0n) is 32.8. The third-order valence-electron chi connectivity index (χ3n) is 11.6. The second kappa shape index (κ2) is 15.2. The number of hydrogen-bond donors (Lipinski definition) is 0. The molecule has 0 N–H and O–H groups in total. The molecule has 60 heavy (non-hydrogen) atoms. The van der Waals surface area contributed by atoms with E-state index in [1.165, 1.54) is 16.7 Å². The second-order valence-electron chi connectivity index (χ2n) is 15.3. The summed E-state index contributed by atoms with van der Waals surface area (Å²) < 4.78 is 6.95. The number of amidine groups is 1. The van der Waals surface area contributed by atoms with Crippen LogP contribution in [0.3, 0.4) is 0 Å². The van der Waals surface area contributed by atoms with Crippen LogP contribution >= 0.6 is 0 Å². The van der Waals surface area contributed by atoms with Gasteiger partial charge in [0, 0.05) is 50.8 Å². The van der Waals surface area contributed by atoms with Crippen LogP contribution in [0.15, 0.2) is 233 Å². The van der Waals surface area contributed by atoms with E-state index in [0.29, 0.717) is 0 Å². The largest absolute Gasteiger partial charge is 0.455 e. The summed E-state index contributed by atoms with van der Waals surface area (Å²) in [5, 5.41) is 4.35.